The molecule has 82 valence electrons. The summed E-state index contributed by atoms with van der Waals surface area (Å²) in [4.78, 5) is 0. The molecule has 1 aliphatic carbocycles. The zero-order valence-corrected chi connectivity index (χ0v) is 9.87. The molecule has 2 aromatic carbocycles. The van der Waals surface area contributed by atoms with Crippen LogP contribution in [0.15, 0.2) is 36.4 Å². The molecule has 0 saturated heterocycles. The second kappa shape index (κ2) is 3.93. The summed E-state index contributed by atoms with van der Waals surface area (Å²) in [6.45, 7) is 2.28. The van der Waals surface area contributed by atoms with Crippen LogP contribution in [0.5, 0.6) is 0 Å². The van der Waals surface area contributed by atoms with Crippen molar-refractivity contribution in [2.45, 2.75) is 38.5 Å². The third kappa shape index (κ3) is 1.44. The molecule has 0 amide bonds. The van der Waals surface area contributed by atoms with E-state index in [9.17, 15) is 0 Å². The summed E-state index contributed by atoms with van der Waals surface area (Å²) in [6, 6.07) is 13.5. The van der Waals surface area contributed by atoms with Gasteiger partial charge in [0, 0.05) is 0 Å². The summed E-state index contributed by atoms with van der Waals surface area (Å²) in [5.41, 5.74) is 3.16. The lowest BCUT2D eigenvalue weighted by Gasteiger charge is -2.10. The average molecular weight is 210 g/mol. The minimum Gasteiger partial charge on any atom is -0.0654 e. The number of unbranched alkanes of at least 4 members (excludes halogenated alkanes) is 1. The van der Waals surface area contributed by atoms with Crippen LogP contribution in [0.4, 0.5) is 0 Å². The van der Waals surface area contributed by atoms with E-state index in [2.05, 4.69) is 43.3 Å². The first-order valence-corrected chi connectivity index (χ1v) is 6.40. The van der Waals surface area contributed by atoms with Crippen LogP contribution in [0.1, 0.15) is 43.2 Å². The SMILES string of the molecule is CCCC[C@@H]1Cc2cccc3cccc1c23. The fourth-order valence-electron chi connectivity index (χ4n) is 3.04. The Labute approximate surface area is 97.3 Å². The lowest BCUT2D eigenvalue weighted by atomic mass is 9.94. The van der Waals surface area contributed by atoms with Gasteiger partial charge < -0.3 is 0 Å². The van der Waals surface area contributed by atoms with Crippen LogP contribution in [0, 0.1) is 0 Å². The average Bonchev–Trinajstić information content (AvgIpc) is 2.68. The van der Waals surface area contributed by atoms with E-state index in [0.717, 1.165) is 5.92 Å². The highest BCUT2D eigenvalue weighted by Gasteiger charge is 2.22. The first-order chi connectivity index (χ1) is 7.90. The fourth-order valence-corrected chi connectivity index (χ4v) is 3.04. The van der Waals surface area contributed by atoms with E-state index in [1.165, 1.54) is 31.1 Å². The van der Waals surface area contributed by atoms with Gasteiger partial charge in [-0.2, -0.15) is 0 Å². The van der Waals surface area contributed by atoms with E-state index < -0.39 is 0 Å². The smallest absolute Gasteiger partial charge is 0.0115 e. The van der Waals surface area contributed by atoms with E-state index >= 15 is 0 Å². The third-order valence-electron chi connectivity index (χ3n) is 3.84. The molecule has 1 aliphatic rings. The predicted molar refractivity (Wildman–Crippen MR) is 69.9 cm³/mol. The van der Waals surface area contributed by atoms with Crippen LogP contribution in [0.3, 0.4) is 0 Å². The van der Waals surface area contributed by atoms with Crippen LogP contribution < -0.4 is 0 Å². The van der Waals surface area contributed by atoms with Crippen molar-refractivity contribution in [1.82, 2.24) is 0 Å². The minimum atomic E-state index is 0.779. The van der Waals surface area contributed by atoms with E-state index in [4.69, 9.17) is 0 Å². The van der Waals surface area contributed by atoms with E-state index in [0.29, 0.717) is 0 Å². The van der Waals surface area contributed by atoms with Gasteiger partial charge in [-0.15, -0.1) is 0 Å². The molecular weight excluding hydrogens is 192 g/mol. The molecule has 0 spiro atoms. The fraction of sp³-hybridized carbons (Fsp3) is 0.375. The monoisotopic (exact) mass is 210 g/mol. The zero-order valence-electron chi connectivity index (χ0n) is 9.87. The molecular formula is C16H18. The van der Waals surface area contributed by atoms with Gasteiger partial charge in [0.05, 0.1) is 0 Å². The Morgan fingerprint density at radius 1 is 1.12 bits per heavy atom. The normalized spacial score (nSPS) is 18.2. The Hall–Kier alpha value is -1.30. The first kappa shape index (κ1) is 9.89. The van der Waals surface area contributed by atoms with Crippen molar-refractivity contribution in [2.75, 3.05) is 0 Å². The quantitative estimate of drug-likeness (QED) is 0.690. The molecule has 0 N–H and O–H groups in total. The predicted octanol–water partition coefficient (Wildman–Crippen LogP) is 4.67. The lowest BCUT2D eigenvalue weighted by molar-refractivity contribution is 0.598. The summed E-state index contributed by atoms with van der Waals surface area (Å²) in [7, 11) is 0. The van der Waals surface area contributed by atoms with Crippen LogP contribution in [-0.2, 0) is 6.42 Å². The molecule has 3 rings (SSSR count). The molecule has 0 saturated carbocycles. The highest BCUT2D eigenvalue weighted by atomic mass is 14.3. The highest BCUT2D eigenvalue weighted by molar-refractivity contribution is 5.91. The molecule has 0 bridgehead atoms. The van der Waals surface area contributed by atoms with Gasteiger partial charge in [-0.1, -0.05) is 56.2 Å². The molecule has 16 heavy (non-hydrogen) atoms. The molecule has 0 nitrogen and oxygen atoms in total. The van der Waals surface area contributed by atoms with Crippen LogP contribution in [-0.4, -0.2) is 0 Å². The molecule has 2 aromatic rings. The summed E-state index contributed by atoms with van der Waals surface area (Å²) < 4.78 is 0. The molecule has 0 unspecified atom stereocenters. The van der Waals surface area contributed by atoms with Crippen molar-refractivity contribution >= 4 is 10.8 Å². The van der Waals surface area contributed by atoms with E-state index in [1.54, 1.807) is 16.5 Å². The lowest BCUT2D eigenvalue weighted by Crippen LogP contribution is -1.95. The second-order valence-corrected chi connectivity index (χ2v) is 4.91. The largest absolute Gasteiger partial charge is 0.0654 e. The van der Waals surface area contributed by atoms with Gasteiger partial charge in [0.25, 0.3) is 0 Å². The van der Waals surface area contributed by atoms with Crippen molar-refractivity contribution in [3.8, 4) is 0 Å². The Morgan fingerprint density at radius 2 is 1.94 bits per heavy atom. The third-order valence-corrected chi connectivity index (χ3v) is 3.84. The number of hydrogen-bond donors (Lipinski definition) is 0. The Kier molecular flexibility index (Phi) is 2.43. The molecule has 0 fully saturated rings. The van der Waals surface area contributed by atoms with Crippen molar-refractivity contribution in [3.63, 3.8) is 0 Å². The van der Waals surface area contributed by atoms with Crippen molar-refractivity contribution < 1.29 is 0 Å². The van der Waals surface area contributed by atoms with Gasteiger partial charge in [0.1, 0.15) is 0 Å². The summed E-state index contributed by atoms with van der Waals surface area (Å²) >= 11 is 0. The topological polar surface area (TPSA) is 0 Å². The van der Waals surface area contributed by atoms with Gasteiger partial charge in [0.2, 0.25) is 0 Å². The van der Waals surface area contributed by atoms with Crippen molar-refractivity contribution in [2.24, 2.45) is 0 Å². The van der Waals surface area contributed by atoms with Gasteiger partial charge >= 0.3 is 0 Å². The maximum atomic E-state index is 2.33. The maximum absolute atomic E-state index is 2.33. The molecule has 0 heterocycles. The Bertz CT molecular complexity index is 505. The Morgan fingerprint density at radius 3 is 2.75 bits per heavy atom. The molecule has 1 atom stereocenters. The van der Waals surface area contributed by atoms with Crippen molar-refractivity contribution in [1.29, 1.82) is 0 Å². The zero-order chi connectivity index (χ0) is 11.0. The van der Waals surface area contributed by atoms with E-state index in [-0.39, 0.29) is 0 Å². The maximum Gasteiger partial charge on any atom is -0.0115 e. The van der Waals surface area contributed by atoms with Gasteiger partial charge in [-0.3, -0.25) is 0 Å². The molecule has 0 aromatic heterocycles. The molecule has 0 radical (unpaired) electrons. The van der Waals surface area contributed by atoms with Gasteiger partial charge in [-0.25, -0.2) is 0 Å². The van der Waals surface area contributed by atoms with Crippen molar-refractivity contribution in [3.05, 3.63) is 47.5 Å². The number of rotatable bonds is 3. The standard InChI is InChI=1S/C16H18/c1-2-3-6-13-11-14-9-4-7-12-8-5-10-15(13)16(12)14/h4-5,7-10,13H,2-3,6,11H2,1H3/t13-/m1/s1. The summed E-state index contributed by atoms with van der Waals surface area (Å²) in [6.07, 6.45) is 5.28. The van der Waals surface area contributed by atoms with Gasteiger partial charge in [-0.05, 0) is 40.7 Å². The van der Waals surface area contributed by atoms with Crippen LogP contribution in [0.25, 0.3) is 10.8 Å². The van der Waals surface area contributed by atoms with Crippen LogP contribution in [0.2, 0.25) is 0 Å². The Balaban J connectivity index is 2.07. The van der Waals surface area contributed by atoms with Crippen LogP contribution >= 0.6 is 0 Å². The number of benzene rings is 2. The van der Waals surface area contributed by atoms with Gasteiger partial charge in [0.15, 0.2) is 0 Å². The number of hydrogen-bond acceptors (Lipinski definition) is 0. The molecule has 0 aliphatic heterocycles. The summed E-state index contributed by atoms with van der Waals surface area (Å²) in [5.74, 6) is 0.779. The van der Waals surface area contributed by atoms with E-state index in [1.807, 2.05) is 0 Å². The first-order valence-electron chi connectivity index (χ1n) is 6.40. The molecule has 0 heteroatoms. The second-order valence-electron chi connectivity index (χ2n) is 4.91. The highest BCUT2D eigenvalue weighted by Crippen LogP contribution is 2.40. The minimum absolute atomic E-state index is 0.779. The summed E-state index contributed by atoms with van der Waals surface area (Å²) in [5, 5.41) is 2.97.